The molecule has 2 unspecified atom stereocenters. The molecule has 1 heterocycles. The molecule has 25 heavy (non-hydrogen) atoms. The third-order valence-corrected chi connectivity index (χ3v) is 4.26. The molecule has 2 aromatic rings. The third kappa shape index (κ3) is 3.24. The fraction of sp³-hybridized carbons (Fsp3) is 0.211. The van der Waals surface area contributed by atoms with Crippen molar-refractivity contribution in [2.24, 2.45) is 5.73 Å². The van der Waals surface area contributed by atoms with Gasteiger partial charge in [-0.25, -0.2) is 0 Å². The molecule has 1 aliphatic rings. The number of hydrogen-bond acceptors (Lipinski definition) is 3. The predicted octanol–water partition coefficient (Wildman–Crippen LogP) is 4.10. The Morgan fingerprint density at radius 1 is 1.08 bits per heavy atom. The molecule has 3 rings (SSSR count). The minimum atomic E-state index is -4.50. The molecule has 0 amide bonds. The van der Waals surface area contributed by atoms with E-state index >= 15 is 0 Å². The van der Waals surface area contributed by atoms with Gasteiger partial charge in [0.25, 0.3) is 0 Å². The van der Waals surface area contributed by atoms with Gasteiger partial charge in [0, 0.05) is 5.92 Å². The number of benzene rings is 2. The highest BCUT2D eigenvalue weighted by atomic mass is 19.4. The zero-order valence-corrected chi connectivity index (χ0v) is 13.4. The fourth-order valence-electron chi connectivity index (χ4n) is 2.91. The molecule has 2 N–H and O–H groups in total. The second kappa shape index (κ2) is 6.27. The summed E-state index contributed by atoms with van der Waals surface area (Å²) in [6.45, 7) is 1.82. The Morgan fingerprint density at radius 3 is 2.40 bits per heavy atom. The van der Waals surface area contributed by atoms with Crippen LogP contribution in [0, 0.1) is 0 Å². The number of rotatable bonds is 3. The summed E-state index contributed by atoms with van der Waals surface area (Å²) in [7, 11) is 0. The van der Waals surface area contributed by atoms with Gasteiger partial charge in [-0.3, -0.25) is 4.79 Å². The lowest BCUT2D eigenvalue weighted by molar-refractivity contribution is -0.137. The maximum absolute atomic E-state index is 12.9. The largest absolute Gasteiger partial charge is 0.466 e. The Labute approximate surface area is 142 Å². The Hall–Kier alpha value is -2.76. The number of ether oxygens (including phenoxy) is 1. The van der Waals surface area contributed by atoms with Gasteiger partial charge in [0.05, 0.1) is 11.1 Å². The number of halogens is 3. The lowest BCUT2D eigenvalue weighted by Gasteiger charge is -2.18. The highest BCUT2D eigenvalue weighted by Gasteiger charge is 2.39. The molecule has 0 aliphatic carbocycles. The van der Waals surface area contributed by atoms with Crippen LogP contribution in [0.5, 0.6) is 0 Å². The van der Waals surface area contributed by atoms with Gasteiger partial charge in [0.15, 0.2) is 12.0 Å². The molecule has 0 saturated heterocycles. The molecule has 130 valence electrons. The van der Waals surface area contributed by atoms with Gasteiger partial charge in [-0.05, 0) is 23.3 Å². The number of nitrogens with two attached hydrogens (primary N) is 1. The van der Waals surface area contributed by atoms with E-state index in [0.29, 0.717) is 0 Å². The van der Waals surface area contributed by atoms with Crippen molar-refractivity contribution in [1.82, 2.24) is 0 Å². The number of alkyl halides is 3. The number of Topliss-reactive ketones (excluding diaryl/α,β-unsaturated/α-hetero) is 1. The van der Waals surface area contributed by atoms with E-state index in [1.165, 1.54) is 12.1 Å². The van der Waals surface area contributed by atoms with Gasteiger partial charge >= 0.3 is 6.18 Å². The van der Waals surface area contributed by atoms with E-state index in [2.05, 4.69) is 0 Å². The van der Waals surface area contributed by atoms with E-state index in [1.54, 1.807) is 0 Å². The van der Waals surface area contributed by atoms with Crippen LogP contribution in [0.1, 0.15) is 29.5 Å². The molecule has 0 spiro atoms. The van der Waals surface area contributed by atoms with E-state index in [-0.39, 0.29) is 22.9 Å². The summed E-state index contributed by atoms with van der Waals surface area (Å²) < 4.78 is 44.2. The van der Waals surface area contributed by atoms with Gasteiger partial charge in [-0.2, -0.15) is 13.2 Å². The van der Waals surface area contributed by atoms with Gasteiger partial charge in [-0.15, -0.1) is 0 Å². The lowest BCUT2D eigenvalue weighted by Crippen LogP contribution is -2.25. The average Bonchev–Trinajstić information content (AvgIpc) is 2.89. The molecule has 3 nitrogen and oxygen atoms in total. The minimum Gasteiger partial charge on any atom is -0.466 e. The lowest BCUT2D eigenvalue weighted by atomic mass is 9.89. The first-order valence-electron chi connectivity index (χ1n) is 7.72. The smallest absolute Gasteiger partial charge is 0.416 e. The molecule has 2 aromatic carbocycles. The average molecular weight is 347 g/mol. The Bertz CT molecular complexity index is 828. The first-order valence-corrected chi connectivity index (χ1v) is 7.72. The summed E-state index contributed by atoms with van der Waals surface area (Å²) in [5.74, 6) is -0.833. The molecule has 0 aromatic heterocycles. The van der Waals surface area contributed by atoms with Gasteiger partial charge < -0.3 is 10.5 Å². The third-order valence-electron chi connectivity index (χ3n) is 4.26. The maximum Gasteiger partial charge on any atom is 0.416 e. The Balaban J connectivity index is 1.92. The summed E-state index contributed by atoms with van der Waals surface area (Å²) in [5.41, 5.74) is 5.98. The summed E-state index contributed by atoms with van der Waals surface area (Å²) in [4.78, 5) is 12.7. The monoisotopic (exact) mass is 347 g/mol. The van der Waals surface area contributed by atoms with Crippen LogP contribution >= 0.6 is 0 Å². The predicted molar refractivity (Wildman–Crippen MR) is 87.3 cm³/mol. The first kappa shape index (κ1) is 17.1. The van der Waals surface area contributed by atoms with Crippen LogP contribution in [-0.4, -0.2) is 11.9 Å². The minimum absolute atomic E-state index is 0.00104. The molecular formula is C19H16F3NO2. The molecule has 0 saturated carbocycles. The van der Waals surface area contributed by atoms with Crippen molar-refractivity contribution < 1.29 is 22.7 Å². The van der Waals surface area contributed by atoms with Crippen LogP contribution in [0.3, 0.4) is 0 Å². The molecule has 0 radical (unpaired) electrons. The first-order chi connectivity index (χ1) is 11.8. The molecular weight excluding hydrogens is 331 g/mol. The molecule has 1 aliphatic heterocycles. The Morgan fingerprint density at radius 2 is 1.76 bits per heavy atom. The Kier molecular flexibility index (Phi) is 4.29. The van der Waals surface area contributed by atoms with Gasteiger partial charge in [0.1, 0.15) is 0 Å². The number of hydrogen-bond donors (Lipinski definition) is 1. The zero-order chi connectivity index (χ0) is 18.2. The standard InChI is InChI=1S/C19H16F3NO2/c1-11(12-6-3-2-4-7-12)17-16(24)15(18(23)25-17)13-8-5-9-14(10-13)19(20,21)22/h2-11,17H,23H2,1H3. The van der Waals surface area contributed by atoms with E-state index in [9.17, 15) is 18.0 Å². The van der Waals surface area contributed by atoms with E-state index in [1.807, 2.05) is 37.3 Å². The molecule has 0 bridgehead atoms. The van der Waals surface area contributed by atoms with Crippen molar-refractivity contribution in [3.05, 3.63) is 77.2 Å². The molecule has 0 fully saturated rings. The van der Waals surface area contributed by atoms with Crippen molar-refractivity contribution >= 4 is 11.4 Å². The van der Waals surface area contributed by atoms with E-state index < -0.39 is 23.6 Å². The van der Waals surface area contributed by atoms with Crippen LogP contribution in [0.4, 0.5) is 13.2 Å². The van der Waals surface area contributed by atoms with Gasteiger partial charge in [-0.1, -0.05) is 49.4 Å². The highest BCUT2D eigenvalue weighted by Crippen LogP contribution is 2.37. The van der Waals surface area contributed by atoms with Crippen molar-refractivity contribution in [1.29, 1.82) is 0 Å². The van der Waals surface area contributed by atoms with Crippen LogP contribution in [0.15, 0.2) is 60.5 Å². The topological polar surface area (TPSA) is 52.3 Å². The summed E-state index contributed by atoms with van der Waals surface area (Å²) in [6, 6.07) is 13.8. The number of carbonyl (C=O) groups is 1. The number of carbonyl (C=O) groups excluding carboxylic acids is 1. The SMILES string of the molecule is CC(c1ccccc1)C1OC(N)=C(c2cccc(C(F)(F)F)c2)C1=O. The molecule has 6 heteroatoms. The maximum atomic E-state index is 12.9. The van der Waals surface area contributed by atoms with E-state index in [0.717, 1.165) is 17.7 Å². The quantitative estimate of drug-likeness (QED) is 0.909. The number of ketones is 1. The summed E-state index contributed by atoms with van der Waals surface area (Å²) >= 11 is 0. The zero-order valence-electron chi connectivity index (χ0n) is 13.4. The van der Waals surface area contributed by atoms with Crippen LogP contribution in [0.2, 0.25) is 0 Å². The second-order valence-electron chi connectivity index (χ2n) is 5.92. The normalized spacial score (nSPS) is 19.0. The van der Waals surface area contributed by atoms with Crippen LogP contribution in [-0.2, 0) is 15.7 Å². The van der Waals surface area contributed by atoms with Crippen molar-refractivity contribution in [2.45, 2.75) is 25.1 Å². The van der Waals surface area contributed by atoms with Crippen molar-refractivity contribution in [3.63, 3.8) is 0 Å². The van der Waals surface area contributed by atoms with Crippen LogP contribution < -0.4 is 5.73 Å². The highest BCUT2D eigenvalue weighted by molar-refractivity contribution is 6.25. The van der Waals surface area contributed by atoms with Crippen molar-refractivity contribution in [2.75, 3.05) is 0 Å². The molecule has 2 atom stereocenters. The van der Waals surface area contributed by atoms with E-state index in [4.69, 9.17) is 10.5 Å². The summed E-state index contributed by atoms with van der Waals surface area (Å²) in [5, 5.41) is 0. The van der Waals surface area contributed by atoms with Crippen LogP contribution in [0.25, 0.3) is 5.57 Å². The second-order valence-corrected chi connectivity index (χ2v) is 5.92. The van der Waals surface area contributed by atoms with Crippen molar-refractivity contribution in [3.8, 4) is 0 Å². The fourth-order valence-corrected chi connectivity index (χ4v) is 2.91. The summed E-state index contributed by atoms with van der Waals surface area (Å²) in [6.07, 6.45) is -5.35. The van der Waals surface area contributed by atoms with Gasteiger partial charge in [0.2, 0.25) is 5.78 Å².